The van der Waals surface area contributed by atoms with Crippen molar-refractivity contribution in [2.75, 3.05) is 12.4 Å². The number of anilines is 1. The van der Waals surface area contributed by atoms with E-state index in [1.807, 2.05) is 38.1 Å². The summed E-state index contributed by atoms with van der Waals surface area (Å²) in [6, 6.07) is 11.2. The summed E-state index contributed by atoms with van der Waals surface area (Å²) < 4.78 is 19.1. The number of methoxy groups -OCH3 is 1. The SMILES string of the molecule is COc1ccccc1C(C)(C)NC(=O)c1ccc(F)c(NC(C)=O)c1. The van der Waals surface area contributed by atoms with Crippen LogP contribution in [0.3, 0.4) is 0 Å². The molecule has 132 valence electrons. The number of nitrogens with one attached hydrogen (secondary N) is 2. The van der Waals surface area contributed by atoms with Crippen LogP contribution in [-0.4, -0.2) is 18.9 Å². The first kappa shape index (κ1) is 18.4. The van der Waals surface area contributed by atoms with E-state index in [4.69, 9.17) is 4.74 Å². The Morgan fingerprint density at radius 3 is 2.44 bits per heavy atom. The van der Waals surface area contributed by atoms with E-state index in [1.165, 1.54) is 19.1 Å². The maximum absolute atomic E-state index is 13.7. The molecule has 2 N–H and O–H groups in total. The van der Waals surface area contributed by atoms with Crippen molar-refractivity contribution in [3.63, 3.8) is 0 Å². The van der Waals surface area contributed by atoms with Crippen LogP contribution in [0.2, 0.25) is 0 Å². The molecule has 0 fully saturated rings. The van der Waals surface area contributed by atoms with Gasteiger partial charge in [-0.25, -0.2) is 4.39 Å². The summed E-state index contributed by atoms with van der Waals surface area (Å²) in [7, 11) is 1.57. The van der Waals surface area contributed by atoms with E-state index in [2.05, 4.69) is 10.6 Å². The topological polar surface area (TPSA) is 67.4 Å². The van der Waals surface area contributed by atoms with Gasteiger partial charge in [-0.2, -0.15) is 0 Å². The average Bonchev–Trinajstić information content (AvgIpc) is 2.56. The third-order valence-electron chi connectivity index (χ3n) is 3.75. The van der Waals surface area contributed by atoms with E-state index in [1.54, 1.807) is 7.11 Å². The Hall–Kier alpha value is -2.89. The Morgan fingerprint density at radius 2 is 1.80 bits per heavy atom. The molecule has 0 heterocycles. The number of para-hydroxylation sites is 1. The second-order valence-corrected chi connectivity index (χ2v) is 6.16. The van der Waals surface area contributed by atoms with Crippen LogP contribution in [0, 0.1) is 5.82 Å². The molecule has 5 nitrogen and oxygen atoms in total. The maximum atomic E-state index is 13.7. The first-order chi connectivity index (χ1) is 11.7. The normalized spacial score (nSPS) is 10.9. The van der Waals surface area contributed by atoms with Gasteiger partial charge in [0.1, 0.15) is 11.6 Å². The lowest BCUT2D eigenvalue weighted by Gasteiger charge is -2.28. The highest BCUT2D eigenvalue weighted by atomic mass is 19.1. The molecule has 2 amide bonds. The van der Waals surface area contributed by atoms with Crippen LogP contribution in [0.5, 0.6) is 5.75 Å². The Bertz CT molecular complexity index is 803. The summed E-state index contributed by atoms with van der Waals surface area (Å²) in [5, 5.41) is 5.28. The lowest BCUT2D eigenvalue weighted by atomic mass is 9.92. The van der Waals surface area contributed by atoms with Gasteiger partial charge in [-0.05, 0) is 38.1 Å². The standard InChI is InChI=1S/C19H21FN2O3/c1-12(23)21-16-11-13(9-10-15(16)20)18(24)22-19(2,3)14-7-5-6-8-17(14)25-4/h5-11H,1-4H3,(H,21,23)(H,22,24). The summed E-state index contributed by atoms with van der Waals surface area (Å²) in [4.78, 5) is 23.7. The second kappa shape index (κ2) is 7.34. The van der Waals surface area contributed by atoms with E-state index in [0.717, 1.165) is 11.6 Å². The number of carbonyl (C=O) groups is 2. The number of hydrogen-bond donors (Lipinski definition) is 2. The Morgan fingerprint density at radius 1 is 1.12 bits per heavy atom. The van der Waals surface area contributed by atoms with Crippen LogP contribution in [0.25, 0.3) is 0 Å². The molecule has 2 aromatic carbocycles. The predicted octanol–water partition coefficient (Wildman–Crippen LogP) is 3.46. The van der Waals surface area contributed by atoms with Crippen molar-refractivity contribution in [3.05, 3.63) is 59.4 Å². The van der Waals surface area contributed by atoms with Gasteiger partial charge in [0, 0.05) is 18.1 Å². The van der Waals surface area contributed by atoms with Gasteiger partial charge in [0.15, 0.2) is 0 Å². The van der Waals surface area contributed by atoms with Crippen molar-refractivity contribution >= 4 is 17.5 Å². The number of carbonyl (C=O) groups excluding carboxylic acids is 2. The van der Waals surface area contributed by atoms with Crippen molar-refractivity contribution in [1.29, 1.82) is 0 Å². The van der Waals surface area contributed by atoms with Gasteiger partial charge in [0.05, 0.1) is 18.3 Å². The Kier molecular flexibility index (Phi) is 5.41. The molecule has 0 atom stereocenters. The van der Waals surface area contributed by atoms with E-state index in [9.17, 15) is 14.0 Å². The lowest BCUT2D eigenvalue weighted by molar-refractivity contribution is -0.114. The third-order valence-corrected chi connectivity index (χ3v) is 3.75. The highest BCUT2D eigenvalue weighted by molar-refractivity contribution is 5.97. The predicted molar refractivity (Wildman–Crippen MR) is 94.2 cm³/mol. The molecule has 0 saturated heterocycles. The quantitative estimate of drug-likeness (QED) is 0.873. The Labute approximate surface area is 146 Å². The number of hydrogen-bond acceptors (Lipinski definition) is 3. The van der Waals surface area contributed by atoms with Crippen molar-refractivity contribution < 1.29 is 18.7 Å². The fourth-order valence-corrected chi connectivity index (χ4v) is 2.54. The molecule has 0 bridgehead atoms. The van der Waals surface area contributed by atoms with Gasteiger partial charge < -0.3 is 15.4 Å². The molecule has 0 radical (unpaired) electrons. The minimum Gasteiger partial charge on any atom is -0.496 e. The summed E-state index contributed by atoms with van der Waals surface area (Å²) in [6.45, 7) is 4.97. The molecule has 0 aliphatic heterocycles. The molecule has 0 saturated carbocycles. The van der Waals surface area contributed by atoms with Crippen LogP contribution in [0.4, 0.5) is 10.1 Å². The van der Waals surface area contributed by atoms with Gasteiger partial charge in [0.25, 0.3) is 5.91 Å². The molecule has 25 heavy (non-hydrogen) atoms. The highest BCUT2D eigenvalue weighted by Gasteiger charge is 2.27. The zero-order valence-electron chi connectivity index (χ0n) is 14.6. The third kappa shape index (κ3) is 4.35. The van der Waals surface area contributed by atoms with Gasteiger partial charge in [-0.1, -0.05) is 18.2 Å². The first-order valence-corrected chi connectivity index (χ1v) is 7.77. The lowest BCUT2D eigenvalue weighted by Crippen LogP contribution is -2.41. The van der Waals surface area contributed by atoms with Gasteiger partial charge in [-0.15, -0.1) is 0 Å². The summed E-state index contributed by atoms with van der Waals surface area (Å²) >= 11 is 0. The number of amides is 2. The van der Waals surface area contributed by atoms with Gasteiger partial charge >= 0.3 is 0 Å². The van der Waals surface area contributed by atoms with Crippen molar-refractivity contribution in [1.82, 2.24) is 5.32 Å². The van der Waals surface area contributed by atoms with Crippen LogP contribution in [-0.2, 0) is 10.3 Å². The molecular weight excluding hydrogens is 323 g/mol. The van der Waals surface area contributed by atoms with Crippen LogP contribution in [0.15, 0.2) is 42.5 Å². The molecule has 0 aliphatic carbocycles. The van der Waals surface area contributed by atoms with Crippen LogP contribution >= 0.6 is 0 Å². The Balaban J connectivity index is 2.28. The minimum atomic E-state index is -0.716. The van der Waals surface area contributed by atoms with E-state index in [-0.39, 0.29) is 17.2 Å². The number of benzene rings is 2. The van der Waals surface area contributed by atoms with Crippen molar-refractivity contribution in [2.45, 2.75) is 26.3 Å². The minimum absolute atomic E-state index is 0.0322. The molecular formula is C19H21FN2O3. The number of halogens is 1. The fraction of sp³-hybridized carbons (Fsp3) is 0.263. The summed E-state index contributed by atoms with van der Waals surface area (Å²) in [5.74, 6) is -0.741. The van der Waals surface area contributed by atoms with E-state index in [0.29, 0.717) is 5.75 Å². The van der Waals surface area contributed by atoms with Gasteiger partial charge in [0.2, 0.25) is 5.91 Å². The fourth-order valence-electron chi connectivity index (χ4n) is 2.54. The number of ether oxygens (including phenoxy) is 1. The van der Waals surface area contributed by atoms with E-state index < -0.39 is 17.3 Å². The largest absolute Gasteiger partial charge is 0.496 e. The second-order valence-electron chi connectivity index (χ2n) is 6.16. The highest BCUT2D eigenvalue weighted by Crippen LogP contribution is 2.29. The van der Waals surface area contributed by atoms with Crippen molar-refractivity contribution in [2.24, 2.45) is 0 Å². The van der Waals surface area contributed by atoms with Crippen LogP contribution in [0.1, 0.15) is 36.7 Å². The summed E-state index contributed by atoms with van der Waals surface area (Å²) in [5.41, 5.74) is 0.310. The molecule has 6 heteroatoms. The summed E-state index contributed by atoms with van der Waals surface area (Å²) in [6.07, 6.45) is 0. The zero-order chi connectivity index (χ0) is 18.6. The molecule has 2 rings (SSSR count). The van der Waals surface area contributed by atoms with Crippen molar-refractivity contribution in [3.8, 4) is 5.75 Å². The molecule has 0 aromatic heterocycles. The van der Waals surface area contributed by atoms with Gasteiger partial charge in [-0.3, -0.25) is 9.59 Å². The zero-order valence-corrected chi connectivity index (χ0v) is 14.6. The maximum Gasteiger partial charge on any atom is 0.252 e. The molecule has 2 aromatic rings. The van der Waals surface area contributed by atoms with E-state index >= 15 is 0 Å². The van der Waals surface area contributed by atoms with Crippen LogP contribution < -0.4 is 15.4 Å². The monoisotopic (exact) mass is 344 g/mol. The molecule has 0 spiro atoms. The molecule has 0 aliphatic rings. The first-order valence-electron chi connectivity index (χ1n) is 7.77. The average molecular weight is 344 g/mol. The molecule has 0 unspecified atom stereocenters. The number of rotatable bonds is 5. The smallest absolute Gasteiger partial charge is 0.252 e.